The van der Waals surface area contributed by atoms with Crippen molar-refractivity contribution in [1.82, 2.24) is 0 Å². The van der Waals surface area contributed by atoms with Gasteiger partial charge in [0.05, 0.1) is 18.9 Å². The molecule has 0 aromatic carbocycles. The minimum atomic E-state index is -3.19. The summed E-state index contributed by atoms with van der Waals surface area (Å²) in [5.41, 5.74) is 1.05. The molecule has 0 saturated heterocycles. The summed E-state index contributed by atoms with van der Waals surface area (Å²) in [6, 6.07) is 0. The van der Waals surface area contributed by atoms with Crippen LogP contribution in [0.15, 0.2) is 5.16 Å². The molecule has 0 aromatic heterocycles. The first-order valence-corrected chi connectivity index (χ1v) is 8.92. The minimum absolute atomic E-state index is 0.357. The first-order chi connectivity index (χ1) is 9.19. The van der Waals surface area contributed by atoms with E-state index in [0.29, 0.717) is 25.6 Å². The lowest BCUT2D eigenvalue weighted by atomic mass is 9.85. The highest BCUT2D eigenvalue weighted by atomic mass is 31.2. The van der Waals surface area contributed by atoms with Crippen LogP contribution in [0.1, 0.15) is 52.4 Å². The van der Waals surface area contributed by atoms with Crippen molar-refractivity contribution in [3.05, 3.63) is 0 Å². The van der Waals surface area contributed by atoms with Crippen molar-refractivity contribution in [2.45, 2.75) is 58.2 Å². The Balaban J connectivity index is 1.96. The van der Waals surface area contributed by atoms with E-state index in [2.05, 4.69) is 5.16 Å². The van der Waals surface area contributed by atoms with E-state index in [1.54, 1.807) is 0 Å². The first kappa shape index (κ1) is 15.0. The normalized spacial score (nSPS) is 25.2. The van der Waals surface area contributed by atoms with Gasteiger partial charge in [-0.25, -0.2) is 0 Å². The lowest BCUT2D eigenvalue weighted by molar-refractivity contribution is 0.0958. The summed E-state index contributed by atoms with van der Waals surface area (Å²) in [4.78, 5) is 5.36. The predicted octanol–water partition coefficient (Wildman–Crippen LogP) is 3.94. The molecule has 110 valence electrons. The number of hydrogen-bond acceptors (Lipinski definition) is 5. The molecular formula is C13H24NO4P. The van der Waals surface area contributed by atoms with Crippen molar-refractivity contribution in [1.29, 1.82) is 0 Å². The van der Waals surface area contributed by atoms with E-state index in [1.807, 2.05) is 13.8 Å². The van der Waals surface area contributed by atoms with Crippen molar-refractivity contribution >= 4 is 13.3 Å². The molecule has 0 bridgehead atoms. The van der Waals surface area contributed by atoms with Gasteiger partial charge in [-0.3, -0.25) is 4.57 Å². The first-order valence-electron chi connectivity index (χ1n) is 7.31. The van der Waals surface area contributed by atoms with Crippen LogP contribution >= 0.6 is 7.60 Å². The molecule has 0 spiro atoms. The zero-order chi connectivity index (χ0) is 13.7. The van der Waals surface area contributed by atoms with Gasteiger partial charge in [-0.05, 0) is 26.7 Å². The standard InChI is InChI=1S/C13H24NO4P/c1-3-16-19(15,17-4-2)13-10-12(14-18-13)11-8-6-5-7-9-11/h11,13H,3-10H2,1-2H3/t13-/m0/s1. The second-order valence-corrected chi connectivity index (χ2v) is 7.23. The Morgan fingerprint density at radius 3 is 2.42 bits per heavy atom. The molecule has 0 unspecified atom stereocenters. The van der Waals surface area contributed by atoms with Gasteiger partial charge in [0, 0.05) is 12.3 Å². The Labute approximate surface area is 115 Å². The van der Waals surface area contributed by atoms with Crippen LogP contribution in [0, 0.1) is 5.92 Å². The van der Waals surface area contributed by atoms with Crippen molar-refractivity contribution < 1.29 is 18.5 Å². The van der Waals surface area contributed by atoms with Gasteiger partial charge >= 0.3 is 7.60 Å². The molecule has 1 aliphatic heterocycles. The summed E-state index contributed by atoms with van der Waals surface area (Å²) in [5, 5.41) is 4.16. The van der Waals surface area contributed by atoms with Crippen LogP contribution in [0.4, 0.5) is 0 Å². The third-order valence-corrected chi connectivity index (χ3v) is 5.94. The van der Waals surface area contributed by atoms with Crippen molar-refractivity contribution in [2.75, 3.05) is 13.2 Å². The molecular weight excluding hydrogens is 265 g/mol. The Hall–Kier alpha value is -0.380. The molecule has 0 amide bonds. The van der Waals surface area contributed by atoms with Crippen LogP contribution in [0.2, 0.25) is 0 Å². The Bertz CT molecular complexity index is 356. The molecule has 1 aliphatic carbocycles. The monoisotopic (exact) mass is 289 g/mol. The third-order valence-electron chi connectivity index (χ3n) is 3.72. The Morgan fingerprint density at radius 1 is 1.21 bits per heavy atom. The number of hydrogen-bond donors (Lipinski definition) is 0. The van der Waals surface area contributed by atoms with E-state index in [-0.39, 0.29) is 0 Å². The van der Waals surface area contributed by atoms with E-state index in [0.717, 1.165) is 5.71 Å². The molecule has 0 radical (unpaired) electrons. The molecule has 1 heterocycles. The molecule has 19 heavy (non-hydrogen) atoms. The zero-order valence-corrected chi connectivity index (χ0v) is 12.7. The quantitative estimate of drug-likeness (QED) is 0.695. The SMILES string of the molecule is CCOP(=O)(OCC)[C@H]1CC(C2CCCCC2)=NO1. The fourth-order valence-corrected chi connectivity index (χ4v) is 4.49. The molecule has 6 heteroatoms. The van der Waals surface area contributed by atoms with Gasteiger partial charge in [0.2, 0.25) is 5.85 Å². The molecule has 1 saturated carbocycles. The van der Waals surface area contributed by atoms with Gasteiger partial charge in [-0.15, -0.1) is 0 Å². The van der Waals surface area contributed by atoms with E-state index in [4.69, 9.17) is 13.9 Å². The summed E-state index contributed by atoms with van der Waals surface area (Å²) >= 11 is 0. The van der Waals surface area contributed by atoms with Gasteiger partial charge < -0.3 is 13.9 Å². The topological polar surface area (TPSA) is 57.1 Å². The van der Waals surface area contributed by atoms with Crippen LogP contribution < -0.4 is 0 Å². The molecule has 1 fully saturated rings. The molecule has 2 aliphatic rings. The average Bonchev–Trinajstić information content (AvgIpc) is 2.90. The summed E-state index contributed by atoms with van der Waals surface area (Å²) < 4.78 is 23.2. The van der Waals surface area contributed by atoms with E-state index in [9.17, 15) is 4.57 Å². The summed E-state index contributed by atoms with van der Waals surface area (Å²) in [6.07, 6.45) is 6.74. The average molecular weight is 289 g/mol. The van der Waals surface area contributed by atoms with Gasteiger partial charge in [0.15, 0.2) is 0 Å². The largest absolute Gasteiger partial charge is 0.379 e. The Kier molecular flexibility index (Phi) is 5.43. The molecule has 0 N–H and O–H groups in total. The van der Waals surface area contributed by atoms with E-state index >= 15 is 0 Å². The molecule has 1 atom stereocenters. The highest BCUT2D eigenvalue weighted by molar-refractivity contribution is 7.54. The molecule has 0 aromatic rings. The van der Waals surface area contributed by atoms with Gasteiger partial charge in [-0.2, -0.15) is 0 Å². The smallest absolute Gasteiger partial charge is 0.374 e. The summed E-state index contributed by atoms with van der Waals surface area (Å²) in [6.45, 7) is 4.33. The van der Waals surface area contributed by atoms with Gasteiger partial charge in [-0.1, -0.05) is 24.4 Å². The highest BCUT2D eigenvalue weighted by Crippen LogP contribution is 2.56. The lowest BCUT2D eigenvalue weighted by Crippen LogP contribution is -2.19. The van der Waals surface area contributed by atoms with Crippen LogP contribution in [0.25, 0.3) is 0 Å². The molecule has 2 rings (SSSR count). The van der Waals surface area contributed by atoms with Gasteiger partial charge in [0.25, 0.3) is 0 Å². The van der Waals surface area contributed by atoms with Gasteiger partial charge in [0.1, 0.15) is 0 Å². The third kappa shape index (κ3) is 3.59. The number of oxime groups is 1. The van der Waals surface area contributed by atoms with Crippen LogP contribution in [0.3, 0.4) is 0 Å². The minimum Gasteiger partial charge on any atom is -0.379 e. The van der Waals surface area contributed by atoms with Crippen molar-refractivity contribution in [3.8, 4) is 0 Å². The van der Waals surface area contributed by atoms with Crippen LogP contribution in [-0.4, -0.2) is 24.8 Å². The van der Waals surface area contributed by atoms with Crippen molar-refractivity contribution in [3.63, 3.8) is 0 Å². The van der Waals surface area contributed by atoms with Crippen molar-refractivity contribution in [2.24, 2.45) is 11.1 Å². The predicted molar refractivity (Wildman–Crippen MR) is 74.4 cm³/mol. The summed E-state index contributed by atoms with van der Waals surface area (Å²) in [5.74, 6) is -0.0558. The fraction of sp³-hybridized carbons (Fsp3) is 0.923. The zero-order valence-electron chi connectivity index (χ0n) is 11.8. The van der Waals surface area contributed by atoms with Crippen LogP contribution in [-0.2, 0) is 18.5 Å². The maximum atomic E-state index is 12.6. The number of rotatable bonds is 6. The summed E-state index contributed by atoms with van der Waals surface area (Å²) in [7, 11) is -3.19. The number of nitrogens with zero attached hydrogens (tertiary/aromatic N) is 1. The second kappa shape index (κ2) is 6.87. The highest BCUT2D eigenvalue weighted by Gasteiger charge is 2.43. The Morgan fingerprint density at radius 2 is 1.84 bits per heavy atom. The van der Waals surface area contributed by atoms with Crippen LogP contribution in [0.5, 0.6) is 0 Å². The lowest BCUT2D eigenvalue weighted by Gasteiger charge is -2.22. The van der Waals surface area contributed by atoms with E-state index < -0.39 is 13.4 Å². The maximum absolute atomic E-state index is 12.6. The van der Waals surface area contributed by atoms with E-state index in [1.165, 1.54) is 32.1 Å². The molecule has 5 nitrogen and oxygen atoms in total. The maximum Gasteiger partial charge on any atom is 0.374 e. The second-order valence-electron chi connectivity index (χ2n) is 5.06. The fourth-order valence-electron chi connectivity index (χ4n) is 2.79.